The van der Waals surface area contributed by atoms with Gasteiger partial charge in [-0.15, -0.1) is 0 Å². The van der Waals surface area contributed by atoms with Crippen molar-refractivity contribution in [2.75, 3.05) is 6.54 Å². The van der Waals surface area contributed by atoms with Gasteiger partial charge >= 0.3 is 0 Å². The first-order chi connectivity index (χ1) is 6.30. The normalized spacial score (nSPS) is 17.6. The van der Waals surface area contributed by atoms with Crippen molar-refractivity contribution in [3.63, 3.8) is 0 Å². The van der Waals surface area contributed by atoms with E-state index in [2.05, 4.69) is 5.32 Å². The summed E-state index contributed by atoms with van der Waals surface area (Å²) in [5, 5.41) is 12.3. The fraction of sp³-hybridized carbons (Fsp3) is 0.900. The summed E-state index contributed by atoms with van der Waals surface area (Å²) in [6, 6.07) is -0.498. The molecule has 0 aliphatic rings. The van der Waals surface area contributed by atoms with E-state index in [0.717, 1.165) is 0 Å². The number of nitrogens with one attached hydrogen (secondary N) is 1. The summed E-state index contributed by atoms with van der Waals surface area (Å²) in [6.07, 6.45) is 0.601. The molecule has 0 aromatic rings. The highest BCUT2D eigenvalue weighted by molar-refractivity contribution is 5.81. The molecule has 0 saturated heterocycles. The van der Waals surface area contributed by atoms with Crippen LogP contribution in [0.25, 0.3) is 0 Å². The Kier molecular flexibility index (Phi) is 5.08. The Morgan fingerprint density at radius 1 is 1.57 bits per heavy atom. The first-order valence-electron chi connectivity index (χ1n) is 5.06. The van der Waals surface area contributed by atoms with E-state index < -0.39 is 11.6 Å². The van der Waals surface area contributed by atoms with Crippen molar-refractivity contribution in [1.29, 1.82) is 0 Å². The van der Waals surface area contributed by atoms with E-state index in [1.165, 1.54) is 0 Å². The third-order valence-electron chi connectivity index (χ3n) is 2.43. The summed E-state index contributed by atoms with van der Waals surface area (Å²) in [4.78, 5) is 11.4. The average molecular weight is 202 g/mol. The summed E-state index contributed by atoms with van der Waals surface area (Å²) < 4.78 is 0. The van der Waals surface area contributed by atoms with Crippen LogP contribution in [0.5, 0.6) is 0 Å². The first-order valence-corrected chi connectivity index (χ1v) is 5.06. The van der Waals surface area contributed by atoms with Crippen LogP contribution in [0.4, 0.5) is 0 Å². The summed E-state index contributed by atoms with van der Waals surface area (Å²) >= 11 is 0. The molecular weight excluding hydrogens is 180 g/mol. The smallest absolute Gasteiger partial charge is 0.237 e. The lowest BCUT2D eigenvalue weighted by atomic mass is 10.0. The van der Waals surface area contributed by atoms with Gasteiger partial charge in [0, 0.05) is 6.54 Å². The molecule has 14 heavy (non-hydrogen) atoms. The number of carbonyl (C=O) groups excluding carboxylic acids is 1. The van der Waals surface area contributed by atoms with Crippen LogP contribution in [0.1, 0.15) is 34.1 Å². The SMILES string of the molecule is CCC(C)(O)CNC(=O)[C@@H](N)C(C)C. The lowest BCUT2D eigenvalue weighted by molar-refractivity contribution is -0.124. The first kappa shape index (κ1) is 13.4. The Morgan fingerprint density at radius 3 is 2.43 bits per heavy atom. The van der Waals surface area contributed by atoms with Crippen LogP contribution < -0.4 is 11.1 Å². The highest BCUT2D eigenvalue weighted by Gasteiger charge is 2.22. The maximum Gasteiger partial charge on any atom is 0.237 e. The van der Waals surface area contributed by atoms with Gasteiger partial charge in [0.1, 0.15) is 0 Å². The van der Waals surface area contributed by atoms with Crippen LogP contribution in [0.15, 0.2) is 0 Å². The predicted molar refractivity (Wildman–Crippen MR) is 56.7 cm³/mol. The minimum Gasteiger partial charge on any atom is -0.388 e. The van der Waals surface area contributed by atoms with Gasteiger partial charge in [-0.3, -0.25) is 4.79 Å². The van der Waals surface area contributed by atoms with Crippen LogP contribution in [0.3, 0.4) is 0 Å². The van der Waals surface area contributed by atoms with Gasteiger partial charge in [-0.2, -0.15) is 0 Å². The molecule has 0 aliphatic carbocycles. The second-order valence-corrected chi connectivity index (χ2v) is 4.34. The van der Waals surface area contributed by atoms with Crippen molar-refractivity contribution in [3.05, 3.63) is 0 Å². The van der Waals surface area contributed by atoms with Crippen molar-refractivity contribution in [3.8, 4) is 0 Å². The molecule has 1 unspecified atom stereocenters. The fourth-order valence-corrected chi connectivity index (χ4v) is 0.823. The zero-order valence-electron chi connectivity index (χ0n) is 9.50. The average Bonchev–Trinajstić information content (AvgIpc) is 2.13. The fourth-order valence-electron chi connectivity index (χ4n) is 0.823. The molecule has 4 heteroatoms. The topological polar surface area (TPSA) is 75.3 Å². The van der Waals surface area contributed by atoms with Crippen LogP contribution in [-0.4, -0.2) is 29.2 Å². The van der Waals surface area contributed by atoms with E-state index in [4.69, 9.17) is 5.73 Å². The summed E-state index contributed by atoms with van der Waals surface area (Å²) in [5.74, 6) is -0.0877. The van der Waals surface area contributed by atoms with Crippen molar-refractivity contribution in [1.82, 2.24) is 5.32 Å². The van der Waals surface area contributed by atoms with E-state index in [-0.39, 0.29) is 18.4 Å². The van der Waals surface area contributed by atoms with Crippen LogP contribution in [0, 0.1) is 5.92 Å². The second kappa shape index (κ2) is 5.32. The molecule has 0 spiro atoms. The maximum atomic E-state index is 11.4. The summed E-state index contributed by atoms with van der Waals surface area (Å²) in [6.45, 7) is 7.59. The van der Waals surface area contributed by atoms with Gasteiger partial charge in [0.2, 0.25) is 5.91 Å². The Labute approximate surface area is 85.9 Å². The Balaban J connectivity index is 3.97. The van der Waals surface area contributed by atoms with E-state index >= 15 is 0 Å². The molecule has 0 aromatic carbocycles. The Hall–Kier alpha value is -0.610. The minimum atomic E-state index is -0.841. The van der Waals surface area contributed by atoms with Gasteiger partial charge in [0.05, 0.1) is 11.6 Å². The molecule has 2 atom stereocenters. The van der Waals surface area contributed by atoms with Gasteiger partial charge < -0.3 is 16.2 Å². The molecule has 0 heterocycles. The molecule has 4 N–H and O–H groups in total. The third kappa shape index (κ3) is 4.58. The second-order valence-electron chi connectivity index (χ2n) is 4.34. The molecule has 84 valence electrons. The molecule has 0 bridgehead atoms. The molecule has 0 aromatic heterocycles. The van der Waals surface area contributed by atoms with Crippen LogP contribution in [-0.2, 0) is 4.79 Å². The van der Waals surface area contributed by atoms with E-state index in [9.17, 15) is 9.90 Å². The van der Waals surface area contributed by atoms with Crippen molar-refractivity contribution in [2.45, 2.75) is 45.8 Å². The number of carbonyl (C=O) groups is 1. The van der Waals surface area contributed by atoms with Gasteiger partial charge in [-0.05, 0) is 19.3 Å². The highest BCUT2D eigenvalue weighted by Crippen LogP contribution is 2.06. The molecule has 4 nitrogen and oxygen atoms in total. The van der Waals surface area contributed by atoms with E-state index in [1.54, 1.807) is 6.92 Å². The standard InChI is InChI=1S/C10H22N2O2/c1-5-10(4,14)6-12-9(13)8(11)7(2)3/h7-8,14H,5-6,11H2,1-4H3,(H,12,13)/t8-,10?/m0/s1. The van der Waals surface area contributed by atoms with Gasteiger partial charge in [0.15, 0.2) is 0 Å². The zero-order chi connectivity index (χ0) is 11.4. The number of nitrogens with two attached hydrogens (primary N) is 1. The van der Waals surface area contributed by atoms with E-state index in [0.29, 0.717) is 6.42 Å². The third-order valence-corrected chi connectivity index (χ3v) is 2.43. The van der Waals surface area contributed by atoms with Gasteiger partial charge in [-0.25, -0.2) is 0 Å². The van der Waals surface area contributed by atoms with Crippen LogP contribution in [0.2, 0.25) is 0 Å². The number of aliphatic hydroxyl groups is 1. The number of amides is 1. The van der Waals surface area contributed by atoms with Gasteiger partial charge in [-0.1, -0.05) is 20.8 Å². The molecule has 1 amide bonds. The van der Waals surface area contributed by atoms with Crippen LogP contribution >= 0.6 is 0 Å². The predicted octanol–water partition coefficient (Wildman–Crippen LogP) is 0.247. The summed E-state index contributed by atoms with van der Waals surface area (Å²) in [5.41, 5.74) is 4.80. The molecule has 0 rings (SSSR count). The molecule has 0 fully saturated rings. The molecule has 0 aliphatic heterocycles. The van der Waals surface area contributed by atoms with Crippen molar-refractivity contribution < 1.29 is 9.90 Å². The monoisotopic (exact) mass is 202 g/mol. The number of rotatable bonds is 5. The number of hydrogen-bond acceptors (Lipinski definition) is 3. The van der Waals surface area contributed by atoms with Crippen molar-refractivity contribution in [2.24, 2.45) is 11.7 Å². The lowest BCUT2D eigenvalue weighted by Crippen LogP contribution is -2.48. The summed E-state index contributed by atoms with van der Waals surface area (Å²) in [7, 11) is 0. The largest absolute Gasteiger partial charge is 0.388 e. The number of hydrogen-bond donors (Lipinski definition) is 3. The minimum absolute atomic E-state index is 0.113. The Bertz CT molecular complexity index is 191. The molecule has 0 saturated carbocycles. The zero-order valence-corrected chi connectivity index (χ0v) is 9.50. The maximum absolute atomic E-state index is 11.4. The van der Waals surface area contributed by atoms with E-state index in [1.807, 2.05) is 20.8 Å². The highest BCUT2D eigenvalue weighted by atomic mass is 16.3. The lowest BCUT2D eigenvalue weighted by Gasteiger charge is -2.23. The quantitative estimate of drug-likeness (QED) is 0.598. The molecule has 0 radical (unpaired) electrons. The van der Waals surface area contributed by atoms with Gasteiger partial charge in [0.25, 0.3) is 0 Å². The molecular formula is C10H22N2O2. The Morgan fingerprint density at radius 2 is 2.07 bits per heavy atom. The van der Waals surface area contributed by atoms with Crippen molar-refractivity contribution >= 4 is 5.91 Å².